The highest BCUT2D eigenvalue weighted by Crippen LogP contribution is 2.25. The summed E-state index contributed by atoms with van der Waals surface area (Å²) in [5.74, 6) is 2.00. The third-order valence-corrected chi connectivity index (χ3v) is 6.93. The molecular weight excluding hydrogens is 450 g/mol. The summed E-state index contributed by atoms with van der Waals surface area (Å²) >= 11 is 1.67. The minimum absolute atomic E-state index is 0.263. The van der Waals surface area contributed by atoms with Gasteiger partial charge in [0, 0.05) is 44.4 Å². The Morgan fingerprint density at radius 1 is 1.03 bits per heavy atom. The number of fused-ring (bicyclic) bond motifs is 1. The average molecular weight is 480 g/mol. The molecule has 1 N–H and O–H groups in total. The third kappa shape index (κ3) is 5.61. The second kappa shape index (κ2) is 10.2. The largest absolute Gasteiger partial charge is 0.491 e. The fraction of sp³-hybridized carbons (Fsp3) is 0.400. The van der Waals surface area contributed by atoms with Gasteiger partial charge < -0.3 is 14.4 Å². The molecule has 9 heteroatoms. The van der Waals surface area contributed by atoms with Crippen molar-refractivity contribution >= 4 is 21.6 Å². The number of benzene rings is 2. The first kappa shape index (κ1) is 22.9. The van der Waals surface area contributed by atoms with Crippen LogP contribution in [0.25, 0.3) is 21.6 Å². The molecule has 1 fully saturated rings. The number of aliphatic hydroxyl groups is 1. The first-order valence-corrected chi connectivity index (χ1v) is 12.4. The van der Waals surface area contributed by atoms with E-state index in [1.54, 1.807) is 11.3 Å². The summed E-state index contributed by atoms with van der Waals surface area (Å²) in [5, 5.41) is 15.6. The van der Waals surface area contributed by atoms with Crippen LogP contribution in [0.3, 0.4) is 0 Å². The van der Waals surface area contributed by atoms with Crippen LogP contribution in [0.1, 0.15) is 16.5 Å². The molecule has 34 heavy (non-hydrogen) atoms. The van der Waals surface area contributed by atoms with Crippen LogP contribution < -0.4 is 4.74 Å². The zero-order valence-corrected chi connectivity index (χ0v) is 20.3. The Hall–Kier alpha value is -2.85. The molecule has 4 aromatic rings. The smallest absolute Gasteiger partial charge is 0.241 e. The molecule has 0 saturated carbocycles. The first-order valence-electron chi connectivity index (χ1n) is 11.5. The molecule has 1 aliphatic heterocycles. The number of ether oxygens (including phenoxy) is 1. The van der Waals surface area contributed by atoms with Crippen molar-refractivity contribution in [3.05, 3.63) is 58.9 Å². The first-order chi connectivity index (χ1) is 16.5. The monoisotopic (exact) mass is 479 g/mol. The fourth-order valence-electron chi connectivity index (χ4n) is 4.12. The van der Waals surface area contributed by atoms with Crippen molar-refractivity contribution in [1.29, 1.82) is 0 Å². The van der Waals surface area contributed by atoms with Crippen LogP contribution in [0.5, 0.6) is 5.75 Å². The van der Waals surface area contributed by atoms with Crippen molar-refractivity contribution in [2.45, 2.75) is 26.5 Å². The molecule has 0 bridgehead atoms. The maximum atomic E-state index is 10.5. The van der Waals surface area contributed by atoms with Crippen molar-refractivity contribution in [1.82, 2.24) is 24.9 Å². The van der Waals surface area contributed by atoms with Crippen LogP contribution in [-0.4, -0.2) is 75.5 Å². The molecule has 0 aliphatic carbocycles. The van der Waals surface area contributed by atoms with Gasteiger partial charge >= 0.3 is 0 Å². The number of nitrogens with zero attached hydrogens (tertiary/aromatic N) is 5. The van der Waals surface area contributed by atoms with Crippen molar-refractivity contribution in [2.75, 3.05) is 39.3 Å². The molecule has 1 aliphatic rings. The van der Waals surface area contributed by atoms with Crippen molar-refractivity contribution in [3.63, 3.8) is 0 Å². The topological polar surface area (TPSA) is 87.8 Å². The molecule has 178 valence electrons. The summed E-state index contributed by atoms with van der Waals surface area (Å²) in [7, 11) is 0. The Morgan fingerprint density at radius 3 is 2.59 bits per heavy atom. The van der Waals surface area contributed by atoms with E-state index in [0.717, 1.165) is 52.7 Å². The molecule has 0 unspecified atom stereocenters. The van der Waals surface area contributed by atoms with Crippen LogP contribution in [-0.2, 0) is 6.54 Å². The maximum absolute atomic E-state index is 10.5. The molecule has 2 aromatic heterocycles. The Morgan fingerprint density at radius 2 is 1.79 bits per heavy atom. The highest BCUT2D eigenvalue weighted by molar-refractivity contribution is 7.18. The Kier molecular flexibility index (Phi) is 6.87. The molecule has 1 atom stereocenters. The van der Waals surface area contributed by atoms with Gasteiger partial charge in [0.05, 0.1) is 21.8 Å². The van der Waals surface area contributed by atoms with Gasteiger partial charge in [-0.05, 0) is 26.0 Å². The van der Waals surface area contributed by atoms with Crippen LogP contribution >= 0.6 is 11.3 Å². The van der Waals surface area contributed by atoms with E-state index in [0.29, 0.717) is 24.8 Å². The van der Waals surface area contributed by atoms with E-state index < -0.39 is 6.10 Å². The van der Waals surface area contributed by atoms with Crippen LogP contribution in [0.4, 0.5) is 0 Å². The third-order valence-electron chi connectivity index (χ3n) is 5.98. The minimum atomic E-state index is -0.549. The Labute approximate surface area is 202 Å². The second-order valence-corrected chi connectivity index (χ2v) is 10.0. The van der Waals surface area contributed by atoms with Gasteiger partial charge in [0.2, 0.25) is 11.7 Å². The molecule has 1 saturated heterocycles. The number of aliphatic hydroxyl groups excluding tert-OH is 1. The second-order valence-electron chi connectivity index (χ2n) is 8.78. The standard InChI is InChI=1S/C25H29N5O3S/c1-17-3-5-19(6-4-17)25-27-24(33-28-25)15-30-11-9-29(10-12-30)14-20(31)16-32-21-7-8-23-22(13-21)26-18(2)34-23/h3-8,13,20,31H,9-12,14-16H2,1-2H3/t20-/m0/s1. The summed E-state index contributed by atoms with van der Waals surface area (Å²) in [6, 6.07) is 14.0. The lowest BCUT2D eigenvalue weighted by Crippen LogP contribution is -2.48. The average Bonchev–Trinajstić information content (AvgIpc) is 3.44. The quantitative estimate of drug-likeness (QED) is 0.411. The molecule has 5 rings (SSSR count). The number of hydrogen-bond donors (Lipinski definition) is 1. The van der Waals surface area contributed by atoms with Crippen molar-refractivity contribution in [2.24, 2.45) is 0 Å². The van der Waals surface area contributed by atoms with Crippen LogP contribution in [0.2, 0.25) is 0 Å². The lowest BCUT2D eigenvalue weighted by Gasteiger charge is -2.34. The lowest BCUT2D eigenvalue weighted by atomic mass is 10.1. The van der Waals surface area contributed by atoms with E-state index in [9.17, 15) is 5.11 Å². The van der Waals surface area contributed by atoms with Gasteiger partial charge in [-0.25, -0.2) is 4.98 Å². The summed E-state index contributed by atoms with van der Waals surface area (Å²) < 4.78 is 12.4. The van der Waals surface area contributed by atoms with Gasteiger partial charge in [0.25, 0.3) is 0 Å². The number of aryl methyl sites for hydroxylation is 2. The summed E-state index contributed by atoms with van der Waals surface area (Å²) in [6.45, 7) is 9.06. The Bertz CT molecular complexity index is 1230. The predicted octanol–water partition coefficient (Wildman–Crippen LogP) is 3.52. The SMILES string of the molecule is Cc1ccc(-c2noc(CN3CCN(C[C@H](O)COc4ccc5sc(C)nc5c4)CC3)n2)cc1. The molecule has 0 radical (unpaired) electrons. The van der Waals surface area contributed by atoms with Gasteiger partial charge in [0.15, 0.2) is 0 Å². The molecule has 2 aromatic carbocycles. The van der Waals surface area contributed by atoms with Crippen molar-refractivity contribution < 1.29 is 14.4 Å². The summed E-state index contributed by atoms with van der Waals surface area (Å²) in [6.07, 6.45) is -0.549. The van der Waals surface area contributed by atoms with E-state index in [4.69, 9.17) is 9.26 Å². The molecule has 0 spiro atoms. The van der Waals surface area contributed by atoms with Gasteiger partial charge in [-0.1, -0.05) is 35.0 Å². The van der Waals surface area contributed by atoms with Crippen LogP contribution in [0, 0.1) is 13.8 Å². The molecule has 3 heterocycles. The lowest BCUT2D eigenvalue weighted by molar-refractivity contribution is 0.0426. The fourth-order valence-corrected chi connectivity index (χ4v) is 4.92. The van der Waals surface area contributed by atoms with Gasteiger partial charge in [0.1, 0.15) is 18.5 Å². The van der Waals surface area contributed by atoms with Crippen LogP contribution in [0.15, 0.2) is 47.0 Å². The van der Waals surface area contributed by atoms with Gasteiger partial charge in [-0.3, -0.25) is 9.80 Å². The van der Waals surface area contributed by atoms with Gasteiger partial charge in [-0.15, -0.1) is 11.3 Å². The van der Waals surface area contributed by atoms with E-state index >= 15 is 0 Å². The highest BCUT2D eigenvalue weighted by Gasteiger charge is 2.21. The normalized spacial score (nSPS) is 16.2. The van der Waals surface area contributed by atoms with Crippen molar-refractivity contribution in [3.8, 4) is 17.1 Å². The zero-order valence-electron chi connectivity index (χ0n) is 19.5. The predicted molar refractivity (Wildman–Crippen MR) is 132 cm³/mol. The number of hydrogen-bond acceptors (Lipinski definition) is 9. The van der Waals surface area contributed by atoms with E-state index in [-0.39, 0.29) is 6.61 Å². The molecular formula is C25H29N5O3S. The number of aromatic nitrogens is 3. The van der Waals surface area contributed by atoms with E-state index in [1.807, 2.05) is 49.4 Å². The van der Waals surface area contributed by atoms with Gasteiger partial charge in [-0.2, -0.15) is 4.98 Å². The Balaban J connectivity index is 1.05. The summed E-state index contributed by atoms with van der Waals surface area (Å²) in [5.41, 5.74) is 3.11. The molecule has 0 amide bonds. The number of thiazole rings is 1. The van der Waals surface area contributed by atoms with E-state index in [1.165, 1.54) is 5.56 Å². The highest BCUT2D eigenvalue weighted by atomic mass is 32.1. The van der Waals surface area contributed by atoms with E-state index in [2.05, 4.69) is 31.8 Å². The zero-order chi connectivity index (χ0) is 23.5. The maximum Gasteiger partial charge on any atom is 0.241 e. The summed E-state index contributed by atoms with van der Waals surface area (Å²) in [4.78, 5) is 13.6. The number of β-amino-alcohol motifs (C(OH)–C–C–N with tert-alkyl or cyclic N) is 1. The number of rotatable bonds is 8. The minimum Gasteiger partial charge on any atom is -0.491 e. The molecule has 8 nitrogen and oxygen atoms in total. The number of piperazine rings is 1.